The van der Waals surface area contributed by atoms with E-state index >= 15 is 4.39 Å². The molecule has 1 fully saturated rings. The number of hydrogen-bond donors (Lipinski definition) is 4. The number of aromatic amines is 1. The Bertz CT molecular complexity index is 977. The Balaban J connectivity index is 1.55. The van der Waals surface area contributed by atoms with Crippen molar-refractivity contribution in [3.05, 3.63) is 42.2 Å². The first-order valence-corrected chi connectivity index (χ1v) is 8.47. The van der Waals surface area contributed by atoms with Gasteiger partial charge < -0.3 is 20.4 Å². The Labute approximate surface area is 150 Å². The topological polar surface area (TPSA) is 85.3 Å². The highest BCUT2D eigenvalue weighted by Gasteiger charge is 2.38. The van der Waals surface area contributed by atoms with Crippen LogP contribution in [0.25, 0.3) is 21.8 Å². The Kier molecular flexibility index (Phi) is 4.30. The number of aromatic nitrogens is 1. The number of nitrogens with one attached hydrogen (secondary N) is 4. The van der Waals surface area contributed by atoms with Crippen molar-refractivity contribution in [2.45, 2.75) is 0 Å². The third kappa shape index (κ3) is 2.90. The van der Waals surface area contributed by atoms with Gasteiger partial charge in [0, 0.05) is 34.9 Å². The minimum absolute atomic E-state index is 0.115. The number of ether oxygens (including phenoxy) is 1. The molecule has 0 saturated carbocycles. The van der Waals surface area contributed by atoms with E-state index in [0.717, 1.165) is 22.8 Å². The molecule has 4 rings (SSSR count). The highest BCUT2D eigenvalue weighted by Crippen LogP contribution is 2.33. The zero-order valence-corrected chi connectivity index (χ0v) is 14.2. The lowest BCUT2D eigenvalue weighted by atomic mass is 9.85. The summed E-state index contributed by atoms with van der Waals surface area (Å²) in [5, 5.41) is 14.7. The first kappa shape index (κ1) is 16.5. The largest absolute Gasteiger partial charge is 0.382 e. The lowest BCUT2D eigenvalue weighted by Gasteiger charge is -2.41. The third-order valence-electron chi connectivity index (χ3n) is 4.80. The van der Waals surface area contributed by atoms with Gasteiger partial charge in [0.1, 0.15) is 6.34 Å². The van der Waals surface area contributed by atoms with Gasteiger partial charge in [-0.15, -0.1) is 0 Å². The van der Waals surface area contributed by atoms with Gasteiger partial charge >= 0.3 is 0 Å². The molecule has 6 nitrogen and oxygen atoms in total. The Morgan fingerprint density at radius 1 is 1.19 bits per heavy atom. The first-order valence-electron chi connectivity index (χ1n) is 8.47. The number of para-hydroxylation sites is 1. The molecule has 2 heterocycles. The lowest BCUT2D eigenvalue weighted by molar-refractivity contribution is -0.100. The molecule has 0 atom stereocenters. The molecule has 0 amide bonds. The molecule has 0 aliphatic carbocycles. The van der Waals surface area contributed by atoms with Gasteiger partial charge in [0.25, 0.3) is 0 Å². The van der Waals surface area contributed by atoms with Crippen molar-refractivity contribution in [1.82, 2.24) is 10.3 Å². The second-order valence-electron chi connectivity index (χ2n) is 6.65. The lowest BCUT2D eigenvalue weighted by Crippen LogP contribution is -2.53. The highest BCUT2D eigenvalue weighted by atomic mass is 19.1. The Morgan fingerprint density at radius 3 is 2.81 bits per heavy atom. The van der Waals surface area contributed by atoms with Gasteiger partial charge in [-0.3, -0.25) is 5.41 Å². The van der Waals surface area contributed by atoms with Crippen molar-refractivity contribution in [1.29, 1.82) is 5.41 Å². The zero-order valence-electron chi connectivity index (χ0n) is 14.2. The molecule has 7 heteroatoms. The molecule has 0 bridgehead atoms. The van der Waals surface area contributed by atoms with Crippen LogP contribution in [0.2, 0.25) is 0 Å². The maximum absolute atomic E-state index is 15.1. The van der Waals surface area contributed by atoms with Crippen molar-refractivity contribution in [3.8, 4) is 0 Å². The van der Waals surface area contributed by atoms with Crippen LogP contribution in [0.1, 0.15) is 0 Å². The molecule has 1 saturated heterocycles. The summed E-state index contributed by atoms with van der Waals surface area (Å²) in [6.45, 7) is 2.43. The van der Waals surface area contributed by atoms with Crippen molar-refractivity contribution < 1.29 is 9.13 Å². The number of benzene rings is 2. The summed E-state index contributed by atoms with van der Waals surface area (Å²) in [5.74, 6) is -0.242. The Morgan fingerprint density at radius 2 is 2.04 bits per heavy atom. The predicted molar refractivity (Wildman–Crippen MR) is 103 cm³/mol. The molecule has 0 radical (unpaired) electrons. The summed E-state index contributed by atoms with van der Waals surface area (Å²) in [4.78, 5) is 6.95. The van der Waals surface area contributed by atoms with Gasteiger partial charge in [-0.2, -0.15) is 0 Å². The van der Waals surface area contributed by atoms with E-state index in [1.165, 1.54) is 6.34 Å². The molecule has 1 aliphatic rings. The van der Waals surface area contributed by atoms with Crippen molar-refractivity contribution in [2.24, 2.45) is 10.4 Å². The standard InChI is InChI=1S/C19H20FN5O/c20-18-16(24-8-19(9-26-10-19)7-22-12-23-11-21)6-5-15-17(18)13-3-1-2-4-14(13)25-15/h1-6,11-12,24-25H,7-10H2,(H2,21,22,23). The fraction of sp³-hybridized carbons (Fsp3) is 0.263. The Hall–Kier alpha value is -2.93. The predicted octanol–water partition coefficient (Wildman–Crippen LogP) is 3.11. The second-order valence-corrected chi connectivity index (χ2v) is 6.65. The molecule has 0 spiro atoms. The van der Waals surface area contributed by atoms with E-state index in [4.69, 9.17) is 10.1 Å². The van der Waals surface area contributed by atoms with Crippen LogP contribution in [0.4, 0.5) is 10.1 Å². The number of anilines is 1. The number of H-pyrrole nitrogens is 1. The normalized spacial score (nSPS) is 16.0. The summed E-state index contributed by atoms with van der Waals surface area (Å²) in [6, 6.07) is 11.4. The minimum atomic E-state index is -0.242. The minimum Gasteiger partial charge on any atom is -0.382 e. The summed E-state index contributed by atoms with van der Waals surface area (Å²) in [6.07, 6.45) is 2.46. The molecule has 26 heavy (non-hydrogen) atoms. The van der Waals surface area contributed by atoms with E-state index < -0.39 is 0 Å². The number of fused-ring (bicyclic) bond motifs is 3. The van der Waals surface area contributed by atoms with Crippen LogP contribution in [0.3, 0.4) is 0 Å². The monoisotopic (exact) mass is 353 g/mol. The molecule has 1 aliphatic heterocycles. The van der Waals surface area contributed by atoms with Crippen molar-refractivity contribution in [2.75, 3.05) is 31.6 Å². The summed E-state index contributed by atoms with van der Waals surface area (Å²) in [7, 11) is 0. The smallest absolute Gasteiger partial charge is 0.156 e. The van der Waals surface area contributed by atoms with Crippen molar-refractivity contribution in [3.63, 3.8) is 0 Å². The summed E-state index contributed by atoms with van der Waals surface area (Å²) in [5.41, 5.74) is 2.09. The molecular formula is C19H20FN5O. The highest BCUT2D eigenvalue weighted by molar-refractivity contribution is 6.08. The maximum atomic E-state index is 15.1. The van der Waals surface area contributed by atoms with Gasteiger partial charge in [-0.05, 0) is 18.2 Å². The van der Waals surface area contributed by atoms with E-state index in [1.807, 2.05) is 30.3 Å². The van der Waals surface area contributed by atoms with Crippen molar-refractivity contribution >= 4 is 40.2 Å². The van der Waals surface area contributed by atoms with Crippen LogP contribution in [-0.4, -0.2) is 44.0 Å². The summed E-state index contributed by atoms with van der Waals surface area (Å²) >= 11 is 0. The first-order chi connectivity index (χ1) is 12.7. The number of aliphatic imine (C=N–C) groups is 1. The van der Waals surface area contributed by atoms with Crippen LogP contribution >= 0.6 is 0 Å². The van der Waals surface area contributed by atoms with Gasteiger partial charge in [0.2, 0.25) is 0 Å². The van der Waals surface area contributed by atoms with Gasteiger partial charge in [0.05, 0.1) is 30.7 Å². The second kappa shape index (κ2) is 6.76. The molecular weight excluding hydrogens is 333 g/mol. The van der Waals surface area contributed by atoms with Gasteiger partial charge in [-0.25, -0.2) is 9.38 Å². The fourth-order valence-electron chi connectivity index (χ4n) is 3.33. The van der Waals surface area contributed by atoms with Crippen LogP contribution in [0.5, 0.6) is 0 Å². The van der Waals surface area contributed by atoms with E-state index in [-0.39, 0.29) is 11.2 Å². The quantitative estimate of drug-likeness (QED) is 0.389. The van der Waals surface area contributed by atoms with Crippen LogP contribution in [0.15, 0.2) is 41.4 Å². The number of hydrogen-bond acceptors (Lipinski definition) is 3. The fourth-order valence-corrected chi connectivity index (χ4v) is 3.33. The van der Waals surface area contributed by atoms with Crippen LogP contribution < -0.4 is 10.6 Å². The molecule has 0 unspecified atom stereocenters. The van der Waals surface area contributed by atoms with E-state index in [9.17, 15) is 0 Å². The van der Waals surface area contributed by atoms with E-state index in [0.29, 0.717) is 37.4 Å². The van der Waals surface area contributed by atoms with E-state index in [2.05, 4.69) is 20.6 Å². The average Bonchev–Trinajstić information content (AvgIpc) is 3.00. The number of nitrogens with zero attached hydrogens (tertiary/aromatic N) is 1. The summed E-state index contributed by atoms with van der Waals surface area (Å²) < 4.78 is 20.5. The number of rotatable bonds is 7. The van der Waals surface area contributed by atoms with E-state index in [1.54, 1.807) is 6.07 Å². The number of halogens is 1. The molecule has 4 N–H and O–H groups in total. The molecule has 3 aromatic rings. The van der Waals surface area contributed by atoms with Gasteiger partial charge in [0.15, 0.2) is 5.82 Å². The zero-order chi connectivity index (χ0) is 18.0. The maximum Gasteiger partial charge on any atom is 0.156 e. The van der Waals surface area contributed by atoms with Gasteiger partial charge in [-0.1, -0.05) is 18.2 Å². The average molecular weight is 353 g/mol. The molecule has 2 aromatic carbocycles. The van der Waals surface area contributed by atoms with Crippen LogP contribution in [0, 0.1) is 16.6 Å². The molecule has 134 valence electrons. The molecule has 1 aromatic heterocycles. The third-order valence-corrected chi connectivity index (χ3v) is 4.80. The van der Waals surface area contributed by atoms with Crippen LogP contribution in [-0.2, 0) is 4.74 Å². The SMILES string of the molecule is N=C/N=C\NCC1(CNc2ccc3[nH]c4ccccc4c3c2F)COC1.